The summed E-state index contributed by atoms with van der Waals surface area (Å²) in [5, 5.41) is 0. The standard InChI is InChI=1S/C15H15BrO4/c1-15(2)8-11(18)12(13(19)14(15)16)10(17)6-5-9-4-3-7-20-9/h3-7,12,14H,8H2,1-2H3/b6-5+/t12-,14+/m1/s1. The van der Waals surface area contributed by atoms with Crippen LogP contribution in [-0.2, 0) is 14.4 Å². The van der Waals surface area contributed by atoms with Crippen molar-refractivity contribution < 1.29 is 18.8 Å². The van der Waals surface area contributed by atoms with Crippen LogP contribution in [0.1, 0.15) is 26.0 Å². The minimum Gasteiger partial charge on any atom is -0.465 e. The molecule has 0 unspecified atom stereocenters. The molecule has 2 rings (SSSR count). The van der Waals surface area contributed by atoms with Crippen LogP contribution in [0, 0.1) is 11.3 Å². The van der Waals surface area contributed by atoms with E-state index in [0.29, 0.717) is 5.76 Å². The van der Waals surface area contributed by atoms with Crippen molar-refractivity contribution in [2.75, 3.05) is 0 Å². The summed E-state index contributed by atoms with van der Waals surface area (Å²) in [6.07, 6.45) is 4.39. The van der Waals surface area contributed by atoms with Crippen molar-refractivity contribution in [1.29, 1.82) is 0 Å². The first-order chi connectivity index (χ1) is 9.33. The van der Waals surface area contributed by atoms with Gasteiger partial charge in [-0.25, -0.2) is 0 Å². The summed E-state index contributed by atoms with van der Waals surface area (Å²) in [7, 11) is 0. The summed E-state index contributed by atoms with van der Waals surface area (Å²) >= 11 is 3.30. The lowest BCUT2D eigenvalue weighted by Gasteiger charge is -2.35. The normalized spacial score (nSPS) is 26.1. The van der Waals surface area contributed by atoms with E-state index < -0.39 is 21.9 Å². The highest BCUT2D eigenvalue weighted by atomic mass is 79.9. The molecule has 0 radical (unpaired) electrons. The molecule has 1 saturated carbocycles. The minimum absolute atomic E-state index is 0.208. The molecule has 0 spiro atoms. The number of alkyl halides is 1. The molecule has 1 aliphatic carbocycles. The van der Waals surface area contributed by atoms with Gasteiger partial charge >= 0.3 is 0 Å². The molecule has 1 fully saturated rings. The first-order valence-electron chi connectivity index (χ1n) is 6.29. The smallest absolute Gasteiger partial charge is 0.173 e. The summed E-state index contributed by atoms with van der Waals surface area (Å²) < 4.78 is 5.06. The Balaban J connectivity index is 2.17. The highest BCUT2D eigenvalue weighted by Crippen LogP contribution is 2.39. The van der Waals surface area contributed by atoms with Crippen molar-refractivity contribution in [3.8, 4) is 0 Å². The second kappa shape index (κ2) is 5.48. The number of carbonyl (C=O) groups excluding carboxylic acids is 3. The molecule has 1 heterocycles. The van der Waals surface area contributed by atoms with Crippen LogP contribution in [0.2, 0.25) is 0 Å². The molecule has 0 aromatic carbocycles. The van der Waals surface area contributed by atoms with Gasteiger partial charge < -0.3 is 4.42 Å². The van der Waals surface area contributed by atoms with Gasteiger partial charge in [-0.1, -0.05) is 29.8 Å². The van der Waals surface area contributed by atoms with Crippen LogP contribution < -0.4 is 0 Å². The monoisotopic (exact) mass is 338 g/mol. The molecule has 1 aromatic rings. The Kier molecular flexibility index (Phi) is 4.09. The topological polar surface area (TPSA) is 64.3 Å². The quantitative estimate of drug-likeness (QED) is 0.483. The molecule has 0 amide bonds. The molecule has 5 heteroatoms. The van der Waals surface area contributed by atoms with E-state index in [1.54, 1.807) is 12.1 Å². The Morgan fingerprint density at radius 1 is 1.45 bits per heavy atom. The van der Waals surface area contributed by atoms with E-state index in [4.69, 9.17) is 4.42 Å². The van der Waals surface area contributed by atoms with Gasteiger partial charge in [-0.2, -0.15) is 0 Å². The lowest BCUT2D eigenvalue weighted by molar-refractivity contribution is -0.142. The lowest BCUT2D eigenvalue weighted by atomic mass is 9.70. The first-order valence-corrected chi connectivity index (χ1v) is 7.20. The maximum Gasteiger partial charge on any atom is 0.173 e. The summed E-state index contributed by atoms with van der Waals surface area (Å²) in [6, 6.07) is 3.38. The van der Waals surface area contributed by atoms with E-state index in [9.17, 15) is 14.4 Å². The van der Waals surface area contributed by atoms with E-state index in [-0.39, 0.29) is 18.0 Å². The van der Waals surface area contributed by atoms with E-state index >= 15 is 0 Å². The Morgan fingerprint density at radius 3 is 2.75 bits per heavy atom. The van der Waals surface area contributed by atoms with Crippen LogP contribution in [0.4, 0.5) is 0 Å². The van der Waals surface area contributed by atoms with Crippen LogP contribution >= 0.6 is 15.9 Å². The third kappa shape index (κ3) is 2.82. The van der Waals surface area contributed by atoms with Gasteiger partial charge in [0.1, 0.15) is 11.7 Å². The number of allylic oxidation sites excluding steroid dienone is 1. The molecule has 0 N–H and O–H groups in total. The second-order valence-corrected chi connectivity index (χ2v) is 6.50. The number of Topliss-reactive ketones (excluding diaryl/α,β-unsaturated/α-hetero) is 2. The van der Waals surface area contributed by atoms with Crippen molar-refractivity contribution in [1.82, 2.24) is 0 Å². The Bertz CT molecular complexity index is 569. The SMILES string of the molecule is CC1(C)CC(=O)[C@@H](C(=O)/C=C/c2ccco2)C(=O)[C@@H]1Br. The predicted octanol–water partition coefficient (Wildman–Crippen LogP) is 2.81. The van der Waals surface area contributed by atoms with Crippen molar-refractivity contribution in [2.45, 2.75) is 25.1 Å². The van der Waals surface area contributed by atoms with Crippen molar-refractivity contribution in [3.05, 3.63) is 30.2 Å². The average Bonchev–Trinajstić information content (AvgIpc) is 2.86. The van der Waals surface area contributed by atoms with Gasteiger partial charge in [0.15, 0.2) is 17.3 Å². The van der Waals surface area contributed by atoms with Crippen LogP contribution in [-0.4, -0.2) is 22.2 Å². The molecule has 0 saturated heterocycles. The van der Waals surface area contributed by atoms with E-state index in [1.807, 2.05) is 13.8 Å². The number of hydrogen-bond donors (Lipinski definition) is 0. The Labute approximate surface area is 125 Å². The molecule has 4 nitrogen and oxygen atoms in total. The van der Waals surface area contributed by atoms with Crippen LogP contribution in [0.3, 0.4) is 0 Å². The maximum atomic E-state index is 12.2. The second-order valence-electron chi connectivity index (χ2n) is 5.58. The summed E-state index contributed by atoms with van der Waals surface area (Å²) in [4.78, 5) is 35.8. The summed E-state index contributed by atoms with van der Waals surface area (Å²) in [5.41, 5.74) is -0.463. The van der Waals surface area contributed by atoms with Crippen molar-refractivity contribution in [3.63, 3.8) is 0 Å². The van der Waals surface area contributed by atoms with E-state index in [2.05, 4.69) is 15.9 Å². The molecule has 2 atom stereocenters. The molecular formula is C15H15BrO4. The molecule has 1 aliphatic rings. The number of hydrogen-bond acceptors (Lipinski definition) is 4. The van der Waals surface area contributed by atoms with Gasteiger partial charge in [0.05, 0.1) is 11.1 Å². The van der Waals surface area contributed by atoms with Crippen molar-refractivity contribution in [2.24, 2.45) is 11.3 Å². The van der Waals surface area contributed by atoms with Crippen LogP contribution in [0.15, 0.2) is 28.9 Å². The number of halogens is 1. The fourth-order valence-corrected chi connectivity index (χ4v) is 2.70. The molecule has 106 valence electrons. The largest absolute Gasteiger partial charge is 0.465 e. The number of carbonyl (C=O) groups is 3. The molecular weight excluding hydrogens is 324 g/mol. The molecule has 0 aliphatic heterocycles. The zero-order chi connectivity index (χ0) is 14.9. The minimum atomic E-state index is -1.20. The Morgan fingerprint density at radius 2 is 2.15 bits per heavy atom. The first kappa shape index (κ1) is 14.9. The molecule has 0 bridgehead atoms. The Hall–Kier alpha value is -1.49. The fourth-order valence-electron chi connectivity index (χ4n) is 2.28. The van der Waals surface area contributed by atoms with E-state index in [1.165, 1.54) is 18.4 Å². The van der Waals surface area contributed by atoms with Crippen molar-refractivity contribution >= 4 is 39.4 Å². The van der Waals surface area contributed by atoms with E-state index in [0.717, 1.165) is 0 Å². The zero-order valence-corrected chi connectivity index (χ0v) is 12.8. The zero-order valence-electron chi connectivity index (χ0n) is 11.3. The van der Waals surface area contributed by atoms with Gasteiger partial charge in [0.25, 0.3) is 0 Å². The average molecular weight is 339 g/mol. The fraction of sp³-hybridized carbons (Fsp3) is 0.400. The van der Waals surface area contributed by atoms with Gasteiger partial charge in [-0.15, -0.1) is 0 Å². The summed E-state index contributed by atoms with van der Waals surface area (Å²) in [5.74, 6) is -1.86. The molecule has 1 aromatic heterocycles. The molecule has 20 heavy (non-hydrogen) atoms. The third-order valence-corrected chi connectivity index (χ3v) is 5.10. The number of furan rings is 1. The lowest BCUT2D eigenvalue weighted by Crippen LogP contribution is -2.49. The van der Waals surface area contributed by atoms with Gasteiger partial charge in [-0.3, -0.25) is 14.4 Å². The van der Waals surface area contributed by atoms with Crippen LogP contribution in [0.5, 0.6) is 0 Å². The van der Waals surface area contributed by atoms with Gasteiger partial charge in [0, 0.05) is 6.42 Å². The number of rotatable bonds is 3. The number of ketones is 3. The maximum absolute atomic E-state index is 12.2. The van der Waals surface area contributed by atoms with Gasteiger partial charge in [0.2, 0.25) is 0 Å². The van der Waals surface area contributed by atoms with Crippen LogP contribution in [0.25, 0.3) is 6.08 Å². The predicted molar refractivity (Wildman–Crippen MR) is 77.4 cm³/mol. The highest BCUT2D eigenvalue weighted by molar-refractivity contribution is 9.10. The third-order valence-electron chi connectivity index (χ3n) is 3.41. The van der Waals surface area contributed by atoms with Gasteiger partial charge in [-0.05, 0) is 29.7 Å². The summed E-state index contributed by atoms with van der Waals surface area (Å²) in [6.45, 7) is 3.67. The highest BCUT2D eigenvalue weighted by Gasteiger charge is 2.48.